The first kappa shape index (κ1) is 11.6. The number of anilines is 1. The molecule has 1 aromatic carbocycles. The van der Waals surface area contributed by atoms with E-state index in [9.17, 15) is 14.0 Å². The molecule has 1 saturated carbocycles. The molecule has 17 heavy (non-hydrogen) atoms. The van der Waals surface area contributed by atoms with Crippen LogP contribution in [0.15, 0.2) is 24.3 Å². The Morgan fingerprint density at radius 1 is 1.29 bits per heavy atom. The summed E-state index contributed by atoms with van der Waals surface area (Å²) in [5, 5.41) is 4.91. The maximum Gasteiger partial charge on any atom is 0.243 e. The average molecular weight is 236 g/mol. The molecule has 90 valence electrons. The minimum atomic E-state index is -0.491. The summed E-state index contributed by atoms with van der Waals surface area (Å²) in [6, 6.07) is 5.90. The first-order chi connectivity index (χ1) is 8.16. The first-order valence-corrected chi connectivity index (χ1v) is 5.49. The number of halogens is 1. The lowest BCUT2D eigenvalue weighted by atomic mass is 10.3. The zero-order valence-electron chi connectivity index (χ0n) is 9.20. The molecule has 0 heterocycles. The highest BCUT2D eigenvalue weighted by Crippen LogP contribution is 2.28. The molecule has 1 aromatic rings. The number of carbonyl (C=O) groups excluding carboxylic acids is 2. The normalized spacial score (nSPS) is 14.2. The van der Waals surface area contributed by atoms with E-state index in [4.69, 9.17) is 0 Å². The predicted octanol–water partition coefficient (Wildman–Crippen LogP) is 1.29. The van der Waals surface area contributed by atoms with Gasteiger partial charge < -0.3 is 10.6 Å². The Kier molecular flexibility index (Phi) is 3.37. The van der Waals surface area contributed by atoms with Crippen molar-refractivity contribution in [1.29, 1.82) is 0 Å². The second-order valence-corrected chi connectivity index (χ2v) is 4.02. The molecule has 0 unspecified atom stereocenters. The summed E-state index contributed by atoms with van der Waals surface area (Å²) in [5.41, 5.74) is 0.123. The van der Waals surface area contributed by atoms with Crippen molar-refractivity contribution in [3.8, 4) is 0 Å². The Balaban J connectivity index is 1.80. The van der Waals surface area contributed by atoms with Gasteiger partial charge in [-0.15, -0.1) is 0 Å². The van der Waals surface area contributed by atoms with Crippen LogP contribution in [-0.2, 0) is 9.59 Å². The lowest BCUT2D eigenvalue weighted by Gasteiger charge is -2.07. The molecule has 0 aliphatic heterocycles. The van der Waals surface area contributed by atoms with Gasteiger partial charge in [0.2, 0.25) is 11.8 Å². The fraction of sp³-hybridized carbons (Fsp3) is 0.333. The van der Waals surface area contributed by atoms with Gasteiger partial charge in [-0.2, -0.15) is 0 Å². The van der Waals surface area contributed by atoms with E-state index in [1.807, 2.05) is 0 Å². The summed E-state index contributed by atoms with van der Waals surface area (Å²) in [5.74, 6) is -0.955. The highest BCUT2D eigenvalue weighted by Gasteiger charge is 2.29. The molecule has 5 heteroatoms. The fourth-order valence-corrected chi connectivity index (χ4v) is 1.41. The van der Waals surface area contributed by atoms with Gasteiger partial charge in [0.25, 0.3) is 0 Å². The number of para-hydroxylation sites is 1. The topological polar surface area (TPSA) is 58.2 Å². The molecule has 0 saturated heterocycles. The van der Waals surface area contributed by atoms with Crippen LogP contribution in [0.5, 0.6) is 0 Å². The van der Waals surface area contributed by atoms with Gasteiger partial charge in [0, 0.05) is 5.92 Å². The summed E-state index contributed by atoms with van der Waals surface area (Å²) in [6.45, 7) is -0.121. The third-order valence-electron chi connectivity index (χ3n) is 2.52. The molecule has 0 radical (unpaired) electrons. The quantitative estimate of drug-likeness (QED) is 0.827. The van der Waals surface area contributed by atoms with Crippen molar-refractivity contribution < 1.29 is 14.0 Å². The Morgan fingerprint density at radius 2 is 2.00 bits per heavy atom. The van der Waals surface area contributed by atoms with Gasteiger partial charge in [-0.3, -0.25) is 9.59 Å². The van der Waals surface area contributed by atoms with Crippen molar-refractivity contribution >= 4 is 17.5 Å². The monoisotopic (exact) mass is 236 g/mol. The van der Waals surface area contributed by atoms with E-state index in [0.29, 0.717) is 0 Å². The van der Waals surface area contributed by atoms with E-state index >= 15 is 0 Å². The van der Waals surface area contributed by atoms with E-state index < -0.39 is 11.7 Å². The number of carbonyl (C=O) groups is 2. The van der Waals surface area contributed by atoms with Crippen molar-refractivity contribution in [1.82, 2.24) is 5.32 Å². The van der Waals surface area contributed by atoms with Crippen LogP contribution in [0, 0.1) is 11.7 Å². The zero-order chi connectivity index (χ0) is 12.3. The van der Waals surface area contributed by atoms with Crippen LogP contribution < -0.4 is 10.6 Å². The smallest absolute Gasteiger partial charge is 0.243 e. The van der Waals surface area contributed by atoms with Gasteiger partial charge >= 0.3 is 0 Å². The first-order valence-electron chi connectivity index (χ1n) is 5.49. The number of rotatable bonds is 4. The number of benzene rings is 1. The van der Waals surface area contributed by atoms with E-state index in [-0.39, 0.29) is 24.1 Å². The van der Waals surface area contributed by atoms with E-state index in [1.165, 1.54) is 12.1 Å². The van der Waals surface area contributed by atoms with Gasteiger partial charge in [-0.05, 0) is 25.0 Å². The van der Waals surface area contributed by atoms with Gasteiger partial charge in [0.15, 0.2) is 0 Å². The summed E-state index contributed by atoms with van der Waals surface area (Å²) in [7, 11) is 0. The van der Waals surface area contributed by atoms with Crippen LogP contribution in [0.4, 0.5) is 10.1 Å². The molecule has 0 bridgehead atoms. The molecule has 2 amide bonds. The van der Waals surface area contributed by atoms with Crippen LogP contribution >= 0.6 is 0 Å². The summed E-state index contributed by atoms with van der Waals surface area (Å²) in [6.07, 6.45) is 1.78. The fourth-order valence-electron chi connectivity index (χ4n) is 1.41. The predicted molar refractivity (Wildman–Crippen MR) is 60.8 cm³/mol. The lowest BCUT2D eigenvalue weighted by Crippen LogP contribution is -2.33. The molecule has 0 spiro atoms. The Hall–Kier alpha value is -1.91. The molecule has 2 rings (SSSR count). The molecule has 1 aliphatic carbocycles. The molecule has 1 fully saturated rings. The highest BCUT2D eigenvalue weighted by atomic mass is 19.1. The minimum Gasteiger partial charge on any atom is -0.347 e. The van der Waals surface area contributed by atoms with Crippen molar-refractivity contribution in [3.63, 3.8) is 0 Å². The number of nitrogens with one attached hydrogen (secondary N) is 2. The van der Waals surface area contributed by atoms with E-state index in [1.54, 1.807) is 12.1 Å². The van der Waals surface area contributed by atoms with Gasteiger partial charge in [0.1, 0.15) is 5.82 Å². The van der Waals surface area contributed by atoms with Crippen LogP contribution in [0.3, 0.4) is 0 Å². The SMILES string of the molecule is O=C(CNC(=O)C1CC1)Nc1ccccc1F. The van der Waals surface area contributed by atoms with Gasteiger partial charge in [-0.25, -0.2) is 4.39 Å². The third kappa shape index (κ3) is 3.27. The molecule has 4 nitrogen and oxygen atoms in total. The maximum absolute atomic E-state index is 13.2. The van der Waals surface area contributed by atoms with Crippen molar-refractivity contribution in [3.05, 3.63) is 30.1 Å². The Labute approximate surface area is 98.2 Å². The van der Waals surface area contributed by atoms with Crippen molar-refractivity contribution in [2.45, 2.75) is 12.8 Å². The zero-order valence-corrected chi connectivity index (χ0v) is 9.20. The molecule has 0 aromatic heterocycles. The van der Waals surface area contributed by atoms with Crippen LogP contribution in [0.2, 0.25) is 0 Å². The largest absolute Gasteiger partial charge is 0.347 e. The van der Waals surface area contributed by atoms with Crippen LogP contribution in [-0.4, -0.2) is 18.4 Å². The lowest BCUT2D eigenvalue weighted by molar-refractivity contribution is -0.125. The van der Waals surface area contributed by atoms with Gasteiger partial charge in [-0.1, -0.05) is 12.1 Å². The molecular formula is C12H13FN2O2. The second-order valence-electron chi connectivity index (χ2n) is 4.02. The van der Waals surface area contributed by atoms with Crippen LogP contribution in [0.25, 0.3) is 0 Å². The van der Waals surface area contributed by atoms with Gasteiger partial charge in [0.05, 0.1) is 12.2 Å². The van der Waals surface area contributed by atoms with E-state index in [0.717, 1.165) is 12.8 Å². The number of amides is 2. The summed E-state index contributed by atoms with van der Waals surface area (Å²) >= 11 is 0. The average Bonchev–Trinajstić information content (AvgIpc) is 3.13. The third-order valence-corrected chi connectivity index (χ3v) is 2.52. The second kappa shape index (κ2) is 4.95. The number of hydrogen-bond acceptors (Lipinski definition) is 2. The summed E-state index contributed by atoms with van der Waals surface area (Å²) < 4.78 is 13.2. The summed E-state index contributed by atoms with van der Waals surface area (Å²) in [4.78, 5) is 22.7. The Bertz CT molecular complexity index is 444. The Morgan fingerprint density at radius 3 is 2.65 bits per heavy atom. The molecule has 1 aliphatic rings. The number of hydrogen-bond donors (Lipinski definition) is 2. The molecular weight excluding hydrogens is 223 g/mol. The standard InChI is InChI=1S/C12H13FN2O2/c13-9-3-1-2-4-10(9)15-11(16)7-14-12(17)8-5-6-8/h1-4,8H,5-7H2,(H,14,17)(H,15,16). The minimum absolute atomic E-state index is 0.0660. The molecule has 0 atom stereocenters. The molecule has 2 N–H and O–H groups in total. The van der Waals surface area contributed by atoms with Crippen LogP contribution in [0.1, 0.15) is 12.8 Å². The van der Waals surface area contributed by atoms with E-state index in [2.05, 4.69) is 10.6 Å². The maximum atomic E-state index is 13.2. The van der Waals surface area contributed by atoms with Crippen molar-refractivity contribution in [2.75, 3.05) is 11.9 Å². The highest BCUT2D eigenvalue weighted by molar-refractivity contribution is 5.95. The van der Waals surface area contributed by atoms with Crippen molar-refractivity contribution in [2.24, 2.45) is 5.92 Å².